The molecule has 0 fully saturated rings. The lowest BCUT2D eigenvalue weighted by atomic mass is 10.2. The Kier molecular flexibility index (Phi) is 5.79. The van der Waals surface area contributed by atoms with E-state index in [0.29, 0.717) is 17.5 Å². The van der Waals surface area contributed by atoms with Gasteiger partial charge in [0, 0.05) is 17.8 Å². The number of para-hydroxylation sites is 1. The first-order chi connectivity index (χ1) is 15.1. The van der Waals surface area contributed by atoms with Crippen LogP contribution >= 0.6 is 0 Å². The molecule has 8 heteroatoms. The van der Waals surface area contributed by atoms with Crippen molar-refractivity contribution < 1.29 is 14.7 Å². The summed E-state index contributed by atoms with van der Waals surface area (Å²) in [4.78, 5) is 28.0. The zero-order valence-electron chi connectivity index (χ0n) is 16.5. The highest BCUT2D eigenvalue weighted by Crippen LogP contribution is 2.39. The molecule has 154 valence electrons. The lowest BCUT2D eigenvalue weighted by molar-refractivity contribution is -0.117. The fraction of sp³-hybridized carbons (Fsp3) is 0.0870. The van der Waals surface area contributed by atoms with Gasteiger partial charge in [-0.15, -0.1) is 10.2 Å². The third kappa shape index (κ3) is 4.48. The fourth-order valence-corrected chi connectivity index (χ4v) is 3.19. The highest BCUT2D eigenvalue weighted by Gasteiger charge is 2.17. The summed E-state index contributed by atoms with van der Waals surface area (Å²) in [5, 5.41) is 21.6. The van der Waals surface area contributed by atoms with Crippen LogP contribution in [0.4, 0.5) is 5.69 Å². The van der Waals surface area contributed by atoms with Crippen LogP contribution in [0.3, 0.4) is 0 Å². The monoisotopic (exact) mass is 413 g/mol. The van der Waals surface area contributed by atoms with E-state index in [1.807, 2.05) is 48.5 Å². The molecular weight excluding hydrogens is 394 g/mol. The molecule has 0 radical (unpaired) electrons. The van der Waals surface area contributed by atoms with Gasteiger partial charge in [-0.25, -0.2) is 0 Å². The predicted octanol–water partition coefficient (Wildman–Crippen LogP) is 3.83. The summed E-state index contributed by atoms with van der Waals surface area (Å²) < 4.78 is 1.72. The lowest BCUT2D eigenvalue weighted by Gasteiger charge is -2.06. The number of hydrogen-bond donors (Lipinski definition) is 2. The molecule has 0 aliphatic carbocycles. The zero-order valence-corrected chi connectivity index (χ0v) is 16.5. The number of aromatic hydroxyl groups is 1. The number of nitrogens with one attached hydrogen (secondary N) is 1. The van der Waals surface area contributed by atoms with Crippen molar-refractivity contribution in [2.75, 3.05) is 6.54 Å². The molecule has 0 unspecified atom stereocenters. The van der Waals surface area contributed by atoms with Crippen LogP contribution in [0.5, 0.6) is 5.88 Å². The first-order valence-electron chi connectivity index (χ1n) is 9.60. The second-order valence-electron chi connectivity index (χ2n) is 6.78. The second kappa shape index (κ2) is 9.00. The van der Waals surface area contributed by atoms with Gasteiger partial charge in [-0.05, 0) is 23.8 Å². The molecule has 8 nitrogen and oxygen atoms in total. The molecule has 0 atom stereocenters. The standard InChI is InChI=1S/C23H19N5O3/c29-20(14-25-22(30)17-9-6-12-24-13-17)26-27-21-18-10-4-5-11-19(18)28(23(21)31)15-16-7-2-1-3-8-16/h1-13,31H,14-15H2,(H,25,30). The number of fused-ring (bicyclic) bond motifs is 1. The van der Waals surface area contributed by atoms with E-state index in [1.165, 1.54) is 6.20 Å². The number of azo groups is 1. The fourth-order valence-electron chi connectivity index (χ4n) is 3.19. The van der Waals surface area contributed by atoms with Crippen LogP contribution < -0.4 is 5.32 Å². The van der Waals surface area contributed by atoms with Crippen molar-refractivity contribution in [1.29, 1.82) is 0 Å². The number of amides is 2. The number of rotatable bonds is 6. The van der Waals surface area contributed by atoms with E-state index in [0.717, 1.165) is 11.1 Å². The van der Waals surface area contributed by atoms with Gasteiger partial charge in [0.2, 0.25) is 5.88 Å². The second-order valence-corrected chi connectivity index (χ2v) is 6.78. The Morgan fingerprint density at radius 3 is 2.55 bits per heavy atom. The van der Waals surface area contributed by atoms with E-state index in [9.17, 15) is 14.7 Å². The summed E-state index contributed by atoms with van der Waals surface area (Å²) in [6.45, 7) is 0.123. The quantitative estimate of drug-likeness (QED) is 0.468. The Morgan fingerprint density at radius 2 is 1.77 bits per heavy atom. The van der Waals surface area contributed by atoms with Gasteiger partial charge in [-0.3, -0.25) is 14.6 Å². The summed E-state index contributed by atoms with van der Waals surface area (Å²) >= 11 is 0. The maximum atomic E-state index is 12.1. The topological polar surface area (TPSA) is 109 Å². The van der Waals surface area contributed by atoms with Crippen molar-refractivity contribution in [1.82, 2.24) is 14.9 Å². The Labute approximate surface area is 177 Å². The van der Waals surface area contributed by atoms with E-state index in [-0.39, 0.29) is 18.1 Å². The van der Waals surface area contributed by atoms with Gasteiger partial charge in [-0.1, -0.05) is 48.5 Å². The molecule has 2 amide bonds. The molecule has 0 saturated heterocycles. The molecule has 0 spiro atoms. The summed E-state index contributed by atoms with van der Waals surface area (Å²) in [5.74, 6) is -1.16. The van der Waals surface area contributed by atoms with Crippen molar-refractivity contribution in [2.24, 2.45) is 10.2 Å². The average Bonchev–Trinajstić information content (AvgIpc) is 3.08. The minimum absolute atomic E-state index is 0.0824. The maximum Gasteiger partial charge on any atom is 0.283 e. The third-order valence-corrected chi connectivity index (χ3v) is 4.69. The Balaban J connectivity index is 1.52. The van der Waals surface area contributed by atoms with Crippen LogP contribution in [-0.2, 0) is 11.3 Å². The molecule has 31 heavy (non-hydrogen) atoms. The molecule has 2 heterocycles. The van der Waals surface area contributed by atoms with Crippen molar-refractivity contribution in [2.45, 2.75) is 6.54 Å². The van der Waals surface area contributed by atoms with E-state index in [2.05, 4.69) is 20.5 Å². The van der Waals surface area contributed by atoms with E-state index in [1.54, 1.807) is 29.0 Å². The Bertz CT molecular complexity index is 1250. The van der Waals surface area contributed by atoms with Crippen LogP contribution in [0.2, 0.25) is 0 Å². The zero-order chi connectivity index (χ0) is 21.6. The molecule has 4 rings (SSSR count). The number of nitrogens with zero attached hydrogens (tertiary/aromatic N) is 4. The summed E-state index contributed by atoms with van der Waals surface area (Å²) in [7, 11) is 0. The van der Waals surface area contributed by atoms with Crippen molar-refractivity contribution in [3.63, 3.8) is 0 Å². The molecule has 0 saturated carbocycles. The van der Waals surface area contributed by atoms with Gasteiger partial charge in [0.1, 0.15) is 6.54 Å². The van der Waals surface area contributed by atoms with Crippen molar-refractivity contribution >= 4 is 28.4 Å². The highest BCUT2D eigenvalue weighted by molar-refractivity contribution is 5.97. The van der Waals surface area contributed by atoms with Crippen LogP contribution in [0.15, 0.2) is 89.4 Å². The minimum atomic E-state index is -0.642. The molecule has 0 aliphatic rings. The molecule has 2 aromatic carbocycles. The molecule has 0 bridgehead atoms. The first kappa shape index (κ1) is 20.0. The number of carbonyl (C=O) groups is 2. The van der Waals surface area contributed by atoms with Crippen LogP contribution in [-0.4, -0.2) is 33.0 Å². The largest absolute Gasteiger partial charge is 0.493 e. The molecule has 2 aromatic heterocycles. The number of pyridine rings is 1. The average molecular weight is 413 g/mol. The molecule has 0 aliphatic heterocycles. The summed E-state index contributed by atoms with van der Waals surface area (Å²) in [6.07, 6.45) is 2.96. The molecule has 4 aromatic rings. The van der Waals surface area contributed by atoms with Crippen LogP contribution in [0.25, 0.3) is 10.9 Å². The Hall–Kier alpha value is -4.33. The number of hydrogen-bond acceptors (Lipinski definition) is 5. The van der Waals surface area contributed by atoms with Gasteiger partial charge < -0.3 is 15.0 Å². The van der Waals surface area contributed by atoms with Crippen LogP contribution in [0.1, 0.15) is 15.9 Å². The smallest absolute Gasteiger partial charge is 0.283 e. The van der Waals surface area contributed by atoms with Crippen LogP contribution in [0, 0.1) is 0 Å². The van der Waals surface area contributed by atoms with Crippen molar-refractivity contribution in [3.8, 4) is 5.88 Å². The number of aromatic nitrogens is 2. The van der Waals surface area contributed by atoms with Gasteiger partial charge in [0.15, 0.2) is 5.69 Å². The number of carbonyl (C=O) groups excluding carboxylic acids is 2. The highest BCUT2D eigenvalue weighted by atomic mass is 16.3. The molecular formula is C23H19N5O3. The van der Waals surface area contributed by atoms with E-state index >= 15 is 0 Å². The summed E-state index contributed by atoms with van der Waals surface area (Å²) in [5.41, 5.74) is 2.33. The van der Waals surface area contributed by atoms with Crippen molar-refractivity contribution in [3.05, 3.63) is 90.3 Å². The van der Waals surface area contributed by atoms with Gasteiger partial charge >= 0.3 is 0 Å². The SMILES string of the molecule is O=C(CNC(=O)c1cccnc1)N=Nc1c(O)n(Cc2ccccc2)c2ccccc12. The predicted molar refractivity (Wildman–Crippen MR) is 115 cm³/mol. The third-order valence-electron chi connectivity index (χ3n) is 4.69. The first-order valence-corrected chi connectivity index (χ1v) is 9.60. The molecule has 2 N–H and O–H groups in total. The van der Waals surface area contributed by atoms with E-state index < -0.39 is 11.8 Å². The summed E-state index contributed by atoms with van der Waals surface area (Å²) in [6, 6.07) is 20.3. The normalized spacial score (nSPS) is 11.1. The maximum absolute atomic E-state index is 12.1. The van der Waals surface area contributed by atoms with Gasteiger partial charge in [0.25, 0.3) is 11.8 Å². The number of benzene rings is 2. The Morgan fingerprint density at radius 1 is 1.00 bits per heavy atom. The van der Waals surface area contributed by atoms with Gasteiger partial charge in [0.05, 0.1) is 17.6 Å². The lowest BCUT2D eigenvalue weighted by Crippen LogP contribution is -2.28. The minimum Gasteiger partial charge on any atom is -0.493 e. The van der Waals surface area contributed by atoms with Gasteiger partial charge in [-0.2, -0.15) is 0 Å². The van der Waals surface area contributed by atoms with E-state index in [4.69, 9.17) is 0 Å².